The molecule has 0 aromatic carbocycles. The number of hydrogen-bond acceptors (Lipinski definition) is 4. The number of primary amides is 1. The second kappa shape index (κ2) is 9.28. The van der Waals surface area contributed by atoms with Gasteiger partial charge in [-0.25, -0.2) is 0 Å². The molecule has 1 unspecified atom stereocenters. The highest BCUT2D eigenvalue weighted by molar-refractivity contribution is 5.84. The maximum Gasteiger partial charge on any atom is 0.238 e. The molecule has 0 heterocycles. The van der Waals surface area contributed by atoms with Crippen molar-refractivity contribution in [1.29, 1.82) is 0 Å². The topological polar surface area (TPSA) is 67.6 Å². The molecule has 0 rings (SSSR count). The molecule has 5 nitrogen and oxygen atoms in total. The highest BCUT2D eigenvalue weighted by Crippen LogP contribution is 2.09. The summed E-state index contributed by atoms with van der Waals surface area (Å²) in [6, 6.07) is 0. The van der Waals surface area contributed by atoms with Crippen molar-refractivity contribution < 1.29 is 9.53 Å². The van der Waals surface area contributed by atoms with E-state index in [-0.39, 0.29) is 5.91 Å². The van der Waals surface area contributed by atoms with Crippen LogP contribution in [0.5, 0.6) is 0 Å². The largest absolute Gasteiger partial charge is 0.383 e. The summed E-state index contributed by atoms with van der Waals surface area (Å²) in [5, 5.41) is 3.27. The predicted octanol–water partition coefficient (Wildman–Crippen LogP) is 0.834. The van der Waals surface area contributed by atoms with E-state index in [4.69, 9.17) is 10.5 Å². The Morgan fingerprint density at radius 2 is 2.11 bits per heavy atom. The Bertz CT molecular complexity index is 259. The average molecular weight is 273 g/mol. The van der Waals surface area contributed by atoms with Gasteiger partial charge in [-0.2, -0.15) is 0 Å². The molecule has 0 bridgehead atoms. The fourth-order valence-corrected chi connectivity index (χ4v) is 2.04. The first-order chi connectivity index (χ1) is 8.85. The van der Waals surface area contributed by atoms with Gasteiger partial charge in [0, 0.05) is 26.7 Å². The van der Waals surface area contributed by atoms with Gasteiger partial charge in [-0.05, 0) is 25.8 Å². The van der Waals surface area contributed by atoms with Crippen LogP contribution in [0.3, 0.4) is 0 Å². The van der Waals surface area contributed by atoms with Gasteiger partial charge in [0.2, 0.25) is 5.91 Å². The van der Waals surface area contributed by atoms with Crippen LogP contribution >= 0.6 is 0 Å². The van der Waals surface area contributed by atoms with Gasteiger partial charge in [-0.3, -0.25) is 9.69 Å². The summed E-state index contributed by atoms with van der Waals surface area (Å²) in [6.45, 7) is 12.1. The third kappa shape index (κ3) is 7.50. The lowest BCUT2D eigenvalue weighted by molar-refractivity contribution is -0.124. The van der Waals surface area contributed by atoms with Crippen LogP contribution in [0.25, 0.3) is 0 Å². The molecule has 0 saturated heterocycles. The van der Waals surface area contributed by atoms with Crippen molar-refractivity contribution in [2.75, 3.05) is 39.9 Å². The second-order valence-electron chi connectivity index (χ2n) is 5.74. The second-order valence-corrected chi connectivity index (χ2v) is 5.74. The van der Waals surface area contributed by atoms with E-state index < -0.39 is 5.54 Å². The maximum atomic E-state index is 11.7. The van der Waals surface area contributed by atoms with Gasteiger partial charge in [0.1, 0.15) is 5.54 Å². The number of carbonyl (C=O) groups excluding carboxylic acids is 1. The first-order valence-electron chi connectivity index (χ1n) is 7.12. The number of ether oxygens (including phenoxy) is 1. The molecule has 0 spiro atoms. The number of rotatable bonds is 11. The third-order valence-electron chi connectivity index (χ3n) is 3.08. The van der Waals surface area contributed by atoms with Gasteiger partial charge in [-0.1, -0.05) is 20.8 Å². The molecule has 0 fully saturated rings. The van der Waals surface area contributed by atoms with E-state index in [1.807, 2.05) is 6.92 Å². The number of nitrogens with one attached hydrogen (secondary N) is 1. The minimum Gasteiger partial charge on any atom is -0.383 e. The number of amides is 1. The molecule has 1 amide bonds. The molecule has 0 radical (unpaired) electrons. The van der Waals surface area contributed by atoms with E-state index in [0.717, 1.165) is 26.1 Å². The Kier molecular flexibility index (Phi) is 8.97. The smallest absolute Gasteiger partial charge is 0.238 e. The molecule has 19 heavy (non-hydrogen) atoms. The van der Waals surface area contributed by atoms with Crippen molar-refractivity contribution in [2.45, 2.75) is 39.7 Å². The van der Waals surface area contributed by atoms with Crippen LogP contribution in [-0.4, -0.2) is 56.2 Å². The van der Waals surface area contributed by atoms with Crippen molar-refractivity contribution >= 4 is 5.91 Å². The Morgan fingerprint density at radius 3 is 2.53 bits per heavy atom. The number of nitrogens with zero attached hydrogens (tertiary/aromatic N) is 1. The average Bonchev–Trinajstić information content (AvgIpc) is 2.32. The Hall–Kier alpha value is -0.650. The van der Waals surface area contributed by atoms with E-state index in [1.165, 1.54) is 0 Å². The van der Waals surface area contributed by atoms with Gasteiger partial charge in [0.15, 0.2) is 0 Å². The predicted molar refractivity (Wildman–Crippen MR) is 79.0 cm³/mol. The van der Waals surface area contributed by atoms with Crippen molar-refractivity contribution in [2.24, 2.45) is 11.7 Å². The number of nitrogens with two attached hydrogens (primary N) is 1. The summed E-state index contributed by atoms with van der Waals surface area (Å²) in [6.07, 6.45) is 0.977. The van der Waals surface area contributed by atoms with Crippen molar-refractivity contribution in [3.8, 4) is 0 Å². The standard InChI is InChI=1S/C14H31N3O2/c1-6-7-16-14(4,13(15)18)11-17(8-9-19-5)10-12(2)3/h12,16H,6-11H2,1-5H3,(H2,15,18). The summed E-state index contributed by atoms with van der Waals surface area (Å²) in [5.41, 5.74) is 4.88. The van der Waals surface area contributed by atoms with Gasteiger partial charge in [0.05, 0.1) is 6.61 Å². The van der Waals surface area contributed by atoms with Crippen LogP contribution in [0.2, 0.25) is 0 Å². The lowest BCUT2D eigenvalue weighted by atomic mass is 9.99. The van der Waals surface area contributed by atoms with Crippen molar-refractivity contribution in [1.82, 2.24) is 10.2 Å². The molecule has 0 aliphatic heterocycles. The number of methoxy groups -OCH3 is 1. The summed E-state index contributed by atoms with van der Waals surface area (Å²) < 4.78 is 5.13. The van der Waals surface area contributed by atoms with Crippen molar-refractivity contribution in [3.05, 3.63) is 0 Å². The van der Waals surface area contributed by atoms with E-state index in [9.17, 15) is 4.79 Å². The highest BCUT2D eigenvalue weighted by Gasteiger charge is 2.32. The summed E-state index contributed by atoms with van der Waals surface area (Å²) >= 11 is 0. The Morgan fingerprint density at radius 1 is 1.47 bits per heavy atom. The molecule has 0 aliphatic carbocycles. The zero-order valence-corrected chi connectivity index (χ0v) is 13.2. The summed E-state index contributed by atoms with van der Waals surface area (Å²) in [7, 11) is 1.69. The third-order valence-corrected chi connectivity index (χ3v) is 3.08. The van der Waals surface area contributed by atoms with Gasteiger partial charge in [0.25, 0.3) is 0 Å². The minimum absolute atomic E-state index is 0.299. The highest BCUT2D eigenvalue weighted by atomic mass is 16.5. The number of hydrogen-bond donors (Lipinski definition) is 2. The Balaban J connectivity index is 4.66. The zero-order valence-electron chi connectivity index (χ0n) is 13.2. The molecule has 5 heteroatoms. The van der Waals surface area contributed by atoms with Gasteiger partial charge >= 0.3 is 0 Å². The maximum absolute atomic E-state index is 11.7. The van der Waals surface area contributed by atoms with E-state index in [1.54, 1.807) is 7.11 Å². The molecule has 114 valence electrons. The molecule has 0 aliphatic rings. The fraction of sp³-hybridized carbons (Fsp3) is 0.929. The van der Waals surface area contributed by atoms with Crippen LogP contribution in [0.1, 0.15) is 34.1 Å². The van der Waals surface area contributed by atoms with E-state index in [0.29, 0.717) is 19.1 Å². The van der Waals surface area contributed by atoms with E-state index in [2.05, 4.69) is 31.0 Å². The summed E-state index contributed by atoms with van der Waals surface area (Å²) in [4.78, 5) is 14.0. The normalized spacial score (nSPS) is 14.9. The molecule has 0 saturated carbocycles. The summed E-state index contributed by atoms with van der Waals surface area (Å²) in [5.74, 6) is 0.243. The van der Waals surface area contributed by atoms with Crippen molar-refractivity contribution in [3.63, 3.8) is 0 Å². The van der Waals surface area contributed by atoms with Crippen LogP contribution in [0.15, 0.2) is 0 Å². The van der Waals surface area contributed by atoms with Crippen LogP contribution in [0, 0.1) is 5.92 Å². The Labute approximate surface area is 117 Å². The minimum atomic E-state index is -0.682. The lowest BCUT2D eigenvalue weighted by Crippen LogP contribution is -2.60. The van der Waals surface area contributed by atoms with Gasteiger partial charge in [-0.15, -0.1) is 0 Å². The zero-order chi connectivity index (χ0) is 14.9. The van der Waals surface area contributed by atoms with Gasteiger partial charge < -0.3 is 15.8 Å². The molecule has 1 atom stereocenters. The quantitative estimate of drug-likeness (QED) is 0.585. The van der Waals surface area contributed by atoms with E-state index >= 15 is 0 Å². The molecule has 3 N–H and O–H groups in total. The van der Waals surface area contributed by atoms with Crippen LogP contribution < -0.4 is 11.1 Å². The first kappa shape index (κ1) is 18.4. The number of carbonyl (C=O) groups is 1. The van der Waals surface area contributed by atoms with Crippen LogP contribution in [-0.2, 0) is 9.53 Å². The molecular weight excluding hydrogens is 242 g/mol. The lowest BCUT2D eigenvalue weighted by Gasteiger charge is -2.34. The molecule has 0 aromatic rings. The molecule has 0 aromatic heterocycles. The fourth-order valence-electron chi connectivity index (χ4n) is 2.04. The van der Waals surface area contributed by atoms with Crippen LogP contribution in [0.4, 0.5) is 0 Å². The first-order valence-corrected chi connectivity index (χ1v) is 7.12. The monoisotopic (exact) mass is 273 g/mol. The SMILES string of the molecule is CCCNC(C)(CN(CCOC)CC(C)C)C(N)=O. The molecular formula is C14H31N3O2.